The van der Waals surface area contributed by atoms with E-state index >= 15 is 0 Å². The van der Waals surface area contributed by atoms with E-state index in [2.05, 4.69) is 12.4 Å². The zero-order valence-electron chi connectivity index (χ0n) is 10.6. The lowest BCUT2D eigenvalue weighted by Gasteiger charge is -2.12. The van der Waals surface area contributed by atoms with Gasteiger partial charge in [0.2, 0.25) is 0 Å². The van der Waals surface area contributed by atoms with Gasteiger partial charge in [0.25, 0.3) is 0 Å². The molecule has 2 aromatic carbocycles. The lowest BCUT2D eigenvalue weighted by molar-refractivity contribution is 0.271. The second kappa shape index (κ2) is 6.07. The van der Waals surface area contributed by atoms with Crippen LogP contribution in [0.25, 0.3) is 0 Å². The van der Waals surface area contributed by atoms with Crippen molar-refractivity contribution in [2.24, 2.45) is 0 Å². The van der Waals surface area contributed by atoms with E-state index in [0.717, 1.165) is 29.2 Å². The maximum atomic E-state index is 5.86. The van der Waals surface area contributed by atoms with Gasteiger partial charge in [-0.2, -0.15) is 0 Å². The van der Waals surface area contributed by atoms with Crippen molar-refractivity contribution in [3.8, 4) is 11.5 Å². The average molecular weight is 243 g/mol. The topological polar surface area (TPSA) is 30.5 Å². The van der Waals surface area contributed by atoms with Gasteiger partial charge in [0.1, 0.15) is 11.5 Å². The third-order valence-corrected chi connectivity index (χ3v) is 2.63. The van der Waals surface area contributed by atoms with Crippen LogP contribution in [0.5, 0.6) is 11.5 Å². The molecule has 0 aliphatic rings. The largest absolute Gasteiger partial charge is 0.457 e. The minimum atomic E-state index is 0.847. The summed E-state index contributed by atoms with van der Waals surface area (Å²) in [5.41, 5.74) is 4.88. The van der Waals surface area contributed by atoms with Crippen molar-refractivity contribution in [3.05, 3.63) is 54.1 Å². The number of anilines is 1. The molecule has 2 rings (SSSR count). The summed E-state index contributed by atoms with van der Waals surface area (Å²) in [6.07, 6.45) is 0.904. The van der Waals surface area contributed by atoms with E-state index < -0.39 is 0 Å². The minimum Gasteiger partial charge on any atom is -0.457 e. The molecule has 2 aromatic rings. The molecule has 0 fully saturated rings. The second-order valence-electron chi connectivity index (χ2n) is 3.90. The van der Waals surface area contributed by atoms with Gasteiger partial charge in [-0.3, -0.25) is 10.3 Å². The van der Waals surface area contributed by atoms with Crippen molar-refractivity contribution in [1.29, 1.82) is 0 Å². The SMILES string of the molecule is CCc1cc(NOC)ccc1Oc1ccccc1. The maximum absolute atomic E-state index is 5.86. The molecule has 0 heterocycles. The molecule has 0 amide bonds. The molecule has 0 aliphatic heterocycles. The fourth-order valence-electron chi connectivity index (χ4n) is 1.75. The van der Waals surface area contributed by atoms with E-state index in [1.807, 2.05) is 48.5 Å². The third kappa shape index (κ3) is 3.02. The number of nitrogens with one attached hydrogen (secondary N) is 1. The molecule has 3 heteroatoms. The van der Waals surface area contributed by atoms with Crippen LogP contribution in [0.4, 0.5) is 5.69 Å². The Balaban J connectivity index is 2.22. The summed E-state index contributed by atoms with van der Waals surface area (Å²) in [6, 6.07) is 15.7. The van der Waals surface area contributed by atoms with Crippen LogP contribution in [0.3, 0.4) is 0 Å². The molecule has 3 nitrogen and oxygen atoms in total. The van der Waals surface area contributed by atoms with E-state index in [1.165, 1.54) is 0 Å². The Bertz CT molecular complexity index is 497. The Morgan fingerprint density at radius 1 is 1.06 bits per heavy atom. The summed E-state index contributed by atoms with van der Waals surface area (Å²) in [5, 5.41) is 0. The van der Waals surface area contributed by atoms with Crippen LogP contribution in [-0.2, 0) is 11.3 Å². The van der Waals surface area contributed by atoms with Gasteiger partial charge in [-0.15, -0.1) is 0 Å². The zero-order chi connectivity index (χ0) is 12.8. The van der Waals surface area contributed by atoms with Crippen LogP contribution in [-0.4, -0.2) is 7.11 Å². The predicted molar refractivity (Wildman–Crippen MR) is 73.0 cm³/mol. The zero-order valence-corrected chi connectivity index (χ0v) is 10.6. The summed E-state index contributed by atoms with van der Waals surface area (Å²) < 4.78 is 5.86. The van der Waals surface area contributed by atoms with Crippen molar-refractivity contribution < 1.29 is 9.57 Å². The lowest BCUT2D eigenvalue weighted by Crippen LogP contribution is -1.97. The molecule has 0 bridgehead atoms. The van der Waals surface area contributed by atoms with E-state index in [-0.39, 0.29) is 0 Å². The number of hydrogen-bond donors (Lipinski definition) is 1. The highest BCUT2D eigenvalue weighted by atomic mass is 16.6. The van der Waals surface area contributed by atoms with Crippen molar-refractivity contribution in [1.82, 2.24) is 0 Å². The van der Waals surface area contributed by atoms with Gasteiger partial charge in [0, 0.05) is 0 Å². The van der Waals surface area contributed by atoms with Crippen LogP contribution < -0.4 is 10.2 Å². The fraction of sp³-hybridized carbons (Fsp3) is 0.200. The number of para-hydroxylation sites is 1. The first-order valence-electron chi connectivity index (χ1n) is 5.98. The van der Waals surface area contributed by atoms with Gasteiger partial charge in [-0.25, -0.2) is 0 Å². The van der Waals surface area contributed by atoms with Crippen LogP contribution in [0.1, 0.15) is 12.5 Å². The van der Waals surface area contributed by atoms with Crippen LogP contribution >= 0.6 is 0 Å². The Kier molecular flexibility index (Phi) is 4.20. The molecule has 94 valence electrons. The fourth-order valence-corrected chi connectivity index (χ4v) is 1.75. The molecule has 1 N–H and O–H groups in total. The number of rotatable bonds is 5. The van der Waals surface area contributed by atoms with Gasteiger partial charge in [-0.1, -0.05) is 25.1 Å². The molecule has 18 heavy (non-hydrogen) atoms. The number of aryl methyl sites for hydroxylation is 1. The Morgan fingerprint density at radius 2 is 1.83 bits per heavy atom. The highest BCUT2D eigenvalue weighted by Gasteiger charge is 2.04. The first-order valence-corrected chi connectivity index (χ1v) is 5.98. The van der Waals surface area contributed by atoms with E-state index in [1.54, 1.807) is 7.11 Å². The normalized spacial score (nSPS) is 10.1. The Morgan fingerprint density at radius 3 is 2.50 bits per heavy atom. The highest BCUT2D eigenvalue weighted by molar-refractivity contribution is 5.51. The molecule has 0 aliphatic carbocycles. The summed E-state index contributed by atoms with van der Waals surface area (Å²) >= 11 is 0. The monoisotopic (exact) mass is 243 g/mol. The number of hydrogen-bond acceptors (Lipinski definition) is 3. The van der Waals surface area contributed by atoms with Crippen molar-refractivity contribution in [2.45, 2.75) is 13.3 Å². The first-order chi connectivity index (χ1) is 8.83. The van der Waals surface area contributed by atoms with Crippen LogP contribution in [0.15, 0.2) is 48.5 Å². The Hall–Kier alpha value is -2.00. The standard InChI is InChI=1S/C15H17NO2/c1-3-12-11-13(16-17-2)9-10-15(12)18-14-7-5-4-6-8-14/h4-11,16H,3H2,1-2H3. The van der Waals surface area contributed by atoms with Gasteiger partial charge < -0.3 is 4.74 Å². The average Bonchev–Trinajstić information content (AvgIpc) is 2.42. The molecule has 0 radical (unpaired) electrons. The van der Waals surface area contributed by atoms with E-state index in [9.17, 15) is 0 Å². The predicted octanol–water partition coefficient (Wildman–Crippen LogP) is 4.01. The molecule has 0 spiro atoms. The molecule has 0 saturated carbocycles. The molecular weight excluding hydrogens is 226 g/mol. The molecule has 0 aromatic heterocycles. The highest BCUT2D eigenvalue weighted by Crippen LogP contribution is 2.28. The first kappa shape index (κ1) is 12.5. The van der Waals surface area contributed by atoms with Crippen LogP contribution in [0, 0.1) is 0 Å². The Labute approximate surface area is 107 Å². The van der Waals surface area contributed by atoms with Crippen molar-refractivity contribution >= 4 is 5.69 Å². The van der Waals surface area contributed by atoms with E-state index in [0.29, 0.717) is 0 Å². The summed E-state index contributed by atoms with van der Waals surface area (Å²) in [6.45, 7) is 2.10. The van der Waals surface area contributed by atoms with Gasteiger partial charge in [-0.05, 0) is 42.3 Å². The molecule has 0 atom stereocenters. The van der Waals surface area contributed by atoms with Crippen molar-refractivity contribution in [3.63, 3.8) is 0 Å². The van der Waals surface area contributed by atoms with Gasteiger partial charge in [0.15, 0.2) is 0 Å². The number of ether oxygens (including phenoxy) is 1. The molecular formula is C15H17NO2. The molecule has 0 saturated heterocycles. The summed E-state index contributed by atoms with van der Waals surface area (Å²) in [5.74, 6) is 1.73. The second-order valence-corrected chi connectivity index (χ2v) is 3.90. The maximum Gasteiger partial charge on any atom is 0.130 e. The summed E-state index contributed by atoms with van der Waals surface area (Å²) in [4.78, 5) is 4.89. The summed E-state index contributed by atoms with van der Waals surface area (Å²) in [7, 11) is 1.60. The van der Waals surface area contributed by atoms with Gasteiger partial charge in [0.05, 0.1) is 12.8 Å². The van der Waals surface area contributed by atoms with E-state index in [4.69, 9.17) is 9.57 Å². The van der Waals surface area contributed by atoms with Crippen molar-refractivity contribution in [2.75, 3.05) is 12.6 Å². The quantitative estimate of drug-likeness (QED) is 0.805. The lowest BCUT2D eigenvalue weighted by atomic mass is 10.1. The number of benzene rings is 2. The van der Waals surface area contributed by atoms with Crippen LogP contribution in [0.2, 0.25) is 0 Å². The van der Waals surface area contributed by atoms with Gasteiger partial charge >= 0.3 is 0 Å². The molecule has 0 unspecified atom stereocenters. The minimum absolute atomic E-state index is 0.847. The smallest absolute Gasteiger partial charge is 0.130 e. The third-order valence-electron chi connectivity index (χ3n) is 2.63.